The summed E-state index contributed by atoms with van der Waals surface area (Å²) in [6.07, 6.45) is -0.810. The highest BCUT2D eigenvalue weighted by Crippen LogP contribution is 2.29. The van der Waals surface area contributed by atoms with Gasteiger partial charge in [0.1, 0.15) is 0 Å². The van der Waals surface area contributed by atoms with E-state index in [4.69, 9.17) is 5.73 Å². The average molecular weight is 298 g/mol. The molecule has 4 nitrogen and oxygen atoms in total. The summed E-state index contributed by atoms with van der Waals surface area (Å²) in [5.41, 5.74) is 6.71. The van der Waals surface area contributed by atoms with Gasteiger partial charge in [0.15, 0.2) is 0 Å². The average Bonchev–Trinajstić information content (AvgIpc) is 2.87. The lowest BCUT2D eigenvalue weighted by Gasteiger charge is -2.07. The molecule has 0 saturated carbocycles. The molecule has 2 rings (SSSR count). The Labute approximate surface area is 120 Å². The lowest BCUT2D eigenvalue weighted by molar-refractivity contribution is -0.137. The van der Waals surface area contributed by atoms with Gasteiger partial charge in [0, 0.05) is 0 Å². The van der Waals surface area contributed by atoms with Crippen LogP contribution in [0.5, 0.6) is 0 Å². The molecule has 1 atom stereocenters. The predicted molar refractivity (Wildman–Crippen MR) is 72.4 cm³/mol. The standard InChI is InChI=1S/C14H17F3N4/c1-2-3-12(18)13-9-21(20-19-13)8-10-4-6-11(7-5-10)14(15,16)17/h4-7,9,12H,2-3,8,18H2,1H3. The second-order valence-corrected chi connectivity index (χ2v) is 4.93. The zero-order valence-corrected chi connectivity index (χ0v) is 11.6. The summed E-state index contributed by atoms with van der Waals surface area (Å²) < 4.78 is 39.0. The number of rotatable bonds is 5. The van der Waals surface area contributed by atoms with Crippen molar-refractivity contribution in [2.45, 2.75) is 38.5 Å². The second-order valence-electron chi connectivity index (χ2n) is 4.93. The van der Waals surface area contributed by atoms with Crippen LogP contribution in [0, 0.1) is 0 Å². The lowest BCUT2D eigenvalue weighted by atomic mass is 10.1. The highest BCUT2D eigenvalue weighted by molar-refractivity contribution is 5.24. The third-order valence-electron chi connectivity index (χ3n) is 3.16. The highest BCUT2D eigenvalue weighted by Gasteiger charge is 2.29. The molecule has 0 amide bonds. The molecule has 1 heterocycles. The Hall–Kier alpha value is -1.89. The van der Waals surface area contributed by atoms with Crippen LogP contribution in [0.3, 0.4) is 0 Å². The fraction of sp³-hybridized carbons (Fsp3) is 0.429. The van der Waals surface area contributed by atoms with Crippen molar-refractivity contribution in [2.24, 2.45) is 5.73 Å². The number of alkyl halides is 3. The van der Waals surface area contributed by atoms with Gasteiger partial charge in [-0.15, -0.1) is 5.10 Å². The van der Waals surface area contributed by atoms with Gasteiger partial charge >= 0.3 is 6.18 Å². The van der Waals surface area contributed by atoms with Crippen LogP contribution in [0.1, 0.15) is 42.6 Å². The van der Waals surface area contributed by atoms with Crippen molar-refractivity contribution in [1.82, 2.24) is 15.0 Å². The molecule has 1 aromatic heterocycles. The maximum absolute atomic E-state index is 12.5. The smallest absolute Gasteiger partial charge is 0.323 e. The number of hydrogen-bond donors (Lipinski definition) is 1. The molecule has 2 aromatic rings. The predicted octanol–water partition coefficient (Wildman–Crippen LogP) is 3.15. The molecular formula is C14H17F3N4. The summed E-state index contributed by atoms with van der Waals surface area (Å²) in [5, 5.41) is 7.95. The summed E-state index contributed by atoms with van der Waals surface area (Å²) in [7, 11) is 0. The van der Waals surface area contributed by atoms with Gasteiger partial charge < -0.3 is 5.73 Å². The normalized spacial score (nSPS) is 13.4. The van der Waals surface area contributed by atoms with E-state index in [1.165, 1.54) is 12.1 Å². The quantitative estimate of drug-likeness (QED) is 0.922. The van der Waals surface area contributed by atoms with Crippen molar-refractivity contribution in [2.75, 3.05) is 0 Å². The van der Waals surface area contributed by atoms with E-state index in [2.05, 4.69) is 10.3 Å². The monoisotopic (exact) mass is 298 g/mol. The van der Waals surface area contributed by atoms with Crippen LogP contribution in [0.25, 0.3) is 0 Å². The van der Waals surface area contributed by atoms with Gasteiger partial charge in [-0.25, -0.2) is 4.68 Å². The van der Waals surface area contributed by atoms with Crippen molar-refractivity contribution in [3.63, 3.8) is 0 Å². The van der Waals surface area contributed by atoms with E-state index < -0.39 is 11.7 Å². The van der Waals surface area contributed by atoms with Crippen molar-refractivity contribution in [3.8, 4) is 0 Å². The summed E-state index contributed by atoms with van der Waals surface area (Å²) in [5.74, 6) is 0. The summed E-state index contributed by atoms with van der Waals surface area (Å²) in [4.78, 5) is 0. The van der Waals surface area contributed by atoms with E-state index in [1.54, 1.807) is 10.9 Å². The molecule has 0 radical (unpaired) electrons. The van der Waals surface area contributed by atoms with Gasteiger partial charge in [-0.1, -0.05) is 30.7 Å². The van der Waals surface area contributed by atoms with Crippen LogP contribution in [0.2, 0.25) is 0 Å². The van der Waals surface area contributed by atoms with Crippen molar-refractivity contribution in [1.29, 1.82) is 0 Å². The topological polar surface area (TPSA) is 56.7 Å². The van der Waals surface area contributed by atoms with E-state index in [-0.39, 0.29) is 6.04 Å². The van der Waals surface area contributed by atoms with Crippen LogP contribution >= 0.6 is 0 Å². The number of nitrogens with two attached hydrogens (primary N) is 1. The Balaban J connectivity index is 2.05. The molecule has 1 unspecified atom stereocenters. The van der Waals surface area contributed by atoms with Crippen LogP contribution < -0.4 is 5.73 Å². The van der Waals surface area contributed by atoms with Gasteiger partial charge in [-0.2, -0.15) is 13.2 Å². The van der Waals surface area contributed by atoms with E-state index in [1.807, 2.05) is 6.92 Å². The Kier molecular flexibility index (Phi) is 4.62. The first-order valence-corrected chi connectivity index (χ1v) is 6.72. The first-order chi connectivity index (χ1) is 9.90. The third-order valence-corrected chi connectivity index (χ3v) is 3.16. The number of benzene rings is 1. The molecular weight excluding hydrogens is 281 g/mol. The van der Waals surface area contributed by atoms with E-state index >= 15 is 0 Å². The molecule has 0 aliphatic rings. The van der Waals surface area contributed by atoms with Crippen molar-refractivity contribution in [3.05, 3.63) is 47.3 Å². The van der Waals surface area contributed by atoms with E-state index in [0.29, 0.717) is 12.2 Å². The summed E-state index contributed by atoms with van der Waals surface area (Å²) in [6.45, 7) is 2.40. The van der Waals surface area contributed by atoms with Gasteiger partial charge in [0.05, 0.1) is 30.0 Å². The fourth-order valence-corrected chi connectivity index (χ4v) is 2.01. The number of hydrogen-bond acceptors (Lipinski definition) is 3. The minimum absolute atomic E-state index is 0.156. The maximum Gasteiger partial charge on any atom is 0.416 e. The molecule has 0 saturated heterocycles. The fourth-order valence-electron chi connectivity index (χ4n) is 2.01. The zero-order chi connectivity index (χ0) is 15.5. The van der Waals surface area contributed by atoms with Gasteiger partial charge in [0.2, 0.25) is 0 Å². The Morgan fingerprint density at radius 2 is 1.90 bits per heavy atom. The summed E-state index contributed by atoms with van der Waals surface area (Å²) in [6, 6.07) is 4.86. The van der Waals surface area contributed by atoms with Crippen molar-refractivity contribution < 1.29 is 13.2 Å². The van der Waals surface area contributed by atoms with Gasteiger partial charge in [-0.05, 0) is 24.1 Å². The molecule has 7 heteroatoms. The number of aromatic nitrogens is 3. The SMILES string of the molecule is CCCC(N)c1cn(Cc2ccc(C(F)(F)F)cc2)nn1. The van der Waals surface area contributed by atoms with E-state index in [0.717, 1.165) is 30.5 Å². The molecule has 2 N–H and O–H groups in total. The van der Waals surface area contributed by atoms with Gasteiger partial charge in [0.25, 0.3) is 0 Å². The molecule has 0 spiro atoms. The number of halogens is 3. The van der Waals surface area contributed by atoms with Crippen LogP contribution in [0.4, 0.5) is 13.2 Å². The van der Waals surface area contributed by atoms with Crippen LogP contribution in [-0.4, -0.2) is 15.0 Å². The molecule has 1 aromatic carbocycles. The van der Waals surface area contributed by atoms with E-state index in [9.17, 15) is 13.2 Å². The Morgan fingerprint density at radius 1 is 1.24 bits per heavy atom. The Bertz CT molecular complexity index is 575. The molecule has 0 fully saturated rings. The number of nitrogens with zero attached hydrogens (tertiary/aromatic N) is 3. The molecule has 21 heavy (non-hydrogen) atoms. The maximum atomic E-state index is 12.5. The summed E-state index contributed by atoms with van der Waals surface area (Å²) >= 11 is 0. The first-order valence-electron chi connectivity index (χ1n) is 6.72. The minimum Gasteiger partial charge on any atom is -0.323 e. The highest BCUT2D eigenvalue weighted by atomic mass is 19.4. The van der Waals surface area contributed by atoms with Crippen LogP contribution in [-0.2, 0) is 12.7 Å². The molecule has 0 aliphatic carbocycles. The molecule has 0 aliphatic heterocycles. The Morgan fingerprint density at radius 3 is 2.48 bits per heavy atom. The van der Waals surface area contributed by atoms with Crippen molar-refractivity contribution >= 4 is 0 Å². The third kappa shape index (κ3) is 4.04. The second kappa shape index (κ2) is 6.26. The minimum atomic E-state index is -4.31. The largest absolute Gasteiger partial charge is 0.416 e. The molecule has 114 valence electrons. The van der Waals surface area contributed by atoms with Gasteiger partial charge in [-0.3, -0.25) is 0 Å². The zero-order valence-electron chi connectivity index (χ0n) is 11.6. The van der Waals surface area contributed by atoms with Crippen LogP contribution in [0.15, 0.2) is 30.5 Å². The molecule has 0 bridgehead atoms. The first kappa shape index (κ1) is 15.5. The lowest BCUT2D eigenvalue weighted by Crippen LogP contribution is -2.10.